The Morgan fingerprint density at radius 2 is 1.72 bits per heavy atom. The minimum Gasteiger partial charge on any atom is -0.508 e. The van der Waals surface area contributed by atoms with Gasteiger partial charge in [-0.3, -0.25) is 9.59 Å². The molecule has 3 rings (SSSR count). The van der Waals surface area contributed by atoms with Gasteiger partial charge in [0.25, 0.3) is 11.7 Å². The second-order valence-corrected chi connectivity index (χ2v) is 8.11. The molecule has 1 heterocycles. The van der Waals surface area contributed by atoms with Crippen LogP contribution in [0, 0.1) is 0 Å². The number of hydrogen-bond donors (Lipinski definition) is 2. The number of hydrogen-bond acceptors (Lipinski definition) is 6. The Bertz CT molecular complexity index is 980. The number of benzene rings is 2. The monoisotopic (exact) mass is 438 g/mol. The number of ketones is 1. The number of amides is 1. The summed E-state index contributed by atoms with van der Waals surface area (Å²) in [7, 11) is 3.89. The number of phenols is 1. The summed E-state index contributed by atoms with van der Waals surface area (Å²) >= 11 is 0. The smallest absolute Gasteiger partial charge is 0.295 e. The number of ether oxygens (including phenoxy) is 1. The van der Waals surface area contributed by atoms with Gasteiger partial charge in [-0.25, -0.2) is 0 Å². The van der Waals surface area contributed by atoms with Crippen molar-refractivity contribution in [2.24, 2.45) is 0 Å². The molecule has 170 valence electrons. The Morgan fingerprint density at radius 3 is 2.31 bits per heavy atom. The van der Waals surface area contributed by atoms with E-state index in [1.807, 2.05) is 25.9 Å². The topological polar surface area (TPSA) is 90.3 Å². The molecule has 0 saturated carbocycles. The first-order chi connectivity index (χ1) is 15.3. The fourth-order valence-corrected chi connectivity index (χ4v) is 3.76. The van der Waals surface area contributed by atoms with E-state index in [-0.39, 0.29) is 17.1 Å². The van der Waals surface area contributed by atoms with Crippen LogP contribution in [0.5, 0.6) is 11.5 Å². The van der Waals surface area contributed by atoms with Gasteiger partial charge in [0.05, 0.1) is 18.2 Å². The van der Waals surface area contributed by atoms with Crippen LogP contribution in [0.15, 0.2) is 54.1 Å². The average Bonchev–Trinajstić information content (AvgIpc) is 3.03. The van der Waals surface area contributed by atoms with Crippen molar-refractivity contribution in [2.75, 3.05) is 33.8 Å². The van der Waals surface area contributed by atoms with Crippen LogP contribution in [-0.2, 0) is 9.59 Å². The third-order valence-electron chi connectivity index (χ3n) is 5.35. The number of aliphatic hydroxyl groups is 1. The number of Topliss-reactive ketones (excluding diaryl/α,β-unsaturated/α-hetero) is 1. The largest absolute Gasteiger partial charge is 0.508 e. The predicted octanol–water partition coefficient (Wildman–Crippen LogP) is 3.55. The maximum atomic E-state index is 13.0. The summed E-state index contributed by atoms with van der Waals surface area (Å²) in [6.07, 6.45) is 1.56. The first-order valence-electron chi connectivity index (χ1n) is 10.8. The highest BCUT2D eigenvalue weighted by molar-refractivity contribution is 6.46. The zero-order valence-corrected chi connectivity index (χ0v) is 18.7. The molecule has 32 heavy (non-hydrogen) atoms. The van der Waals surface area contributed by atoms with E-state index in [1.165, 1.54) is 17.0 Å². The first kappa shape index (κ1) is 23.3. The second kappa shape index (κ2) is 10.3. The minimum atomic E-state index is -0.728. The highest BCUT2D eigenvalue weighted by Gasteiger charge is 2.45. The number of carbonyl (C=O) groups is 2. The summed E-state index contributed by atoms with van der Waals surface area (Å²) in [6, 6.07) is 12.4. The number of aliphatic hydroxyl groups excluding tert-OH is 1. The van der Waals surface area contributed by atoms with Gasteiger partial charge in [0.2, 0.25) is 0 Å². The van der Waals surface area contributed by atoms with Crippen molar-refractivity contribution in [3.63, 3.8) is 0 Å². The molecule has 2 aromatic carbocycles. The summed E-state index contributed by atoms with van der Waals surface area (Å²) in [5, 5.41) is 20.8. The number of phenolic OH excluding ortho intramolecular Hbond substituents is 1. The molecule has 7 nitrogen and oxygen atoms in total. The van der Waals surface area contributed by atoms with Gasteiger partial charge in [-0.2, -0.15) is 0 Å². The van der Waals surface area contributed by atoms with Gasteiger partial charge in [-0.05, 0) is 75.4 Å². The van der Waals surface area contributed by atoms with E-state index < -0.39 is 17.7 Å². The highest BCUT2D eigenvalue weighted by Crippen LogP contribution is 2.40. The molecule has 1 amide bonds. The van der Waals surface area contributed by atoms with Gasteiger partial charge in [-0.15, -0.1) is 0 Å². The summed E-state index contributed by atoms with van der Waals surface area (Å²) in [6.45, 7) is 3.73. The summed E-state index contributed by atoms with van der Waals surface area (Å²) in [4.78, 5) is 29.4. The number of nitrogens with zero attached hydrogens (tertiary/aromatic N) is 2. The molecule has 7 heteroatoms. The van der Waals surface area contributed by atoms with Gasteiger partial charge in [0.1, 0.15) is 17.3 Å². The Balaban J connectivity index is 2.01. The molecular weight excluding hydrogens is 408 g/mol. The van der Waals surface area contributed by atoms with Crippen LogP contribution in [0.3, 0.4) is 0 Å². The van der Waals surface area contributed by atoms with E-state index in [4.69, 9.17) is 4.74 Å². The van der Waals surface area contributed by atoms with Crippen LogP contribution in [0.4, 0.5) is 0 Å². The average molecular weight is 439 g/mol. The SMILES string of the molecule is CCCOc1ccc(/C(O)=C2/C(=O)C(=O)N(CCCN(C)C)C2c2ccc(O)cc2)cc1. The summed E-state index contributed by atoms with van der Waals surface area (Å²) < 4.78 is 5.58. The third-order valence-corrected chi connectivity index (χ3v) is 5.35. The molecule has 0 bridgehead atoms. The molecule has 2 aromatic rings. The van der Waals surface area contributed by atoms with E-state index >= 15 is 0 Å². The lowest BCUT2D eigenvalue weighted by Crippen LogP contribution is -2.32. The van der Waals surface area contributed by atoms with Gasteiger partial charge < -0.3 is 24.7 Å². The van der Waals surface area contributed by atoms with E-state index in [2.05, 4.69) is 0 Å². The Hall–Kier alpha value is -3.32. The lowest BCUT2D eigenvalue weighted by atomic mass is 9.95. The van der Waals surface area contributed by atoms with Crippen LogP contribution < -0.4 is 4.74 Å². The number of aromatic hydroxyl groups is 1. The van der Waals surface area contributed by atoms with Crippen molar-refractivity contribution in [3.8, 4) is 11.5 Å². The van der Waals surface area contributed by atoms with Crippen molar-refractivity contribution in [3.05, 3.63) is 65.2 Å². The molecule has 0 radical (unpaired) electrons. The number of likely N-dealkylation sites (tertiary alicyclic amines) is 1. The molecule has 1 aliphatic rings. The second-order valence-electron chi connectivity index (χ2n) is 8.11. The van der Waals surface area contributed by atoms with Crippen LogP contribution in [0.25, 0.3) is 5.76 Å². The summed E-state index contributed by atoms with van der Waals surface area (Å²) in [5.74, 6) is -0.815. The number of carbonyl (C=O) groups excluding carboxylic acids is 2. The van der Waals surface area contributed by atoms with Crippen LogP contribution in [0.2, 0.25) is 0 Å². The van der Waals surface area contributed by atoms with Gasteiger partial charge in [0, 0.05) is 12.1 Å². The fraction of sp³-hybridized carbons (Fsp3) is 0.360. The minimum absolute atomic E-state index is 0.0489. The predicted molar refractivity (Wildman–Crippen MR) is 123 cm³/mol. The molecule has 0 aromatic heterocycles. The van der Waals surface area contributed by atoms with Crippen LogP contribution in [-0.4, -0.2) is 65.5 Å². The molecule has 1 aliphatic heterocycles. The zero-order chi connectivity index (χ0) is 23.3. The normalized spacial score (nSPS) is 17.9. The van der Waals surface area contributed by atoms with Gasteiger partial charge in [0.15, 0.2) is 0 Å². The van der Waals surface area contributed by atoms with Crippen molar-refractivity contribution in [2.45, 2.75) is 25.8 Å². The molecule has 0 spiro atoms. The van der Waals surface area contributed by atoms with Crippen LogP contribution >= 0.6 is 0 Å². The van der Waals surface area contributed by atoms with Gasteiger partial charge >= 0.3 is 0 Å². The molecule has 2 N–H and O–H groups in total. The van der Waals surface area contributed by atoms with Crippen molar-refractivity contribution < 1.29 is 24.5 Å². The number of rotatable bonds is 9. The van der Waals surface area contributed by atoms with Gasteiger partial charge in [-0.1, -0.05) is 19.1 Å². The molecular formula is C25H30N2O5. The Labute approximate surface area is 188 Å². The first-order valence-corrected chi connectivity index (χ1v) is 10.8. The standard InChI is InChI=1S/C25H30N2O5/c1-4-16-32-20-12-8-18(9-13-20)23(29)21-22(17-6-10-19(28)11-7-17)27(25(31)24(21)30)15-5-14-26(2)3/h6-13,22,28-29H,4-5,14-16H2,1-3H3/b23-21-. The van der Waals surface area contributed by atoms with Crippen LogP contribution in [0.1, 0.15) is 36.9 Å². The molecule has 1 saturated heterocycles. The summed E-state index contributed by atoms with van der Waals surface area (Å²) in [5.41, 5.74) is 1.13. The van der Waals surface area contributed by atoms with Crippen molar-refractivity contribution in [1.29, 1.82) is 0 Å². The lowest BCUT2D eigenvalue weighted by molar-refractivity contribution is -0.139. The fourth-order valence-electron chi connectivity index (χ4n) is 3.76. The molecule has 1 unspecified atom stereocenters. The molecule has 1 fully saturated rings. The zero-order valence-electron chi connectivity index (χ0n) is 18.7. The van der Waals surface area contributed by atoms with E-state index in [9.17, 15) is 19.8 Å². The van der Waals surface area contributed by atoms with Crippen molar-refractivity contribution >= 4 is 17.4 Å². The van der Waals surface area contributed by atoms with E-state index in [0.29, 0.717) is 36.4 Å². The Kier molecular flexibility index (Phi) is 7.53. The van der Waals surface area contributed by atoms with Crippen molar-refractivity contribution in [1.82, 2.24) is 9.80 Å². The lowest BCUT2D eigenvalue weighted by Gasteiger charge is -2.26. The Morgan fingerprint density at radius 1 is 1.06 bits per heavy atom. The highest BCUT2D eigenvalue weighted by atomic mass is 16.5. The maximum Gasteiger partial charge on any atom is 0.295 e. The third kappa shape index (κ3) is 5.11. The molecule has 1 atom stereocenters. The molecule has 0 aliphatic carbocycles. The quantitative estimate of drug-likeness (QED) is 0.354. The maximum absolute atomic E-state index is 13.0. The van der Waals surface area contributed by atoms with E-state index in [1.54, 1.807) is 36.4 Å². The van der Waals surface area contributed by atoms with E-state index in [0.717, 1.165) is 13.0 Å².